The van der Waals surface area contributed by atoms with Gasteiger partial charge in [0.25, 0.3) is 10.0 Å². The van der Waals surface area contributed by atoms with Crippen LogP contribution in [0.25, 0.3) is 22.5 Å². The van der Waals surface area contributed by atoms with Crippen LogP contribution in [0.2, 0.25) is 0 Å². The van der Waals surface area contributed by atoms with E-state index in [0.717, 1.165) is 67.3 Å². The van der Waals surface area contributed by atoms with Crippen molar-refractivity contribution in [3.63, 3.8) is 0 Å². The van der Waals surface area contributed by atoms with E-state index in [0.29, 0.717) is 40.6 Å². The molecule has 6 aromatic rings. The molecule has 0 radical (unpaired) electrons. The van der Waals surface area contributed by atoms with Crippen molar-refractivity contribution in [2.75, 3.05) is 11.9 Å². The molecule has 250 valence electrons. The van der Waals surface area contributed by atoms with Gasteiger partial charge in [0.05, 0.1) is 28.5 Å². The van der Waals surface area contributed by atoms with Crippen molar-refractivity contribution in [1.82, 2.24) is 43.1 Å². The molecular formula is C33H40N12O2S. The molecule has 0 bridgehead atoms. The molecule has 48 heavy (non-hydrogen) atoms. The minimum Gasteiger partial charge on any atom is -0.368 e. The molecule has 5 N–H and O–H groups in total. The highest BCUT2D eigenvalue weighted by atomic mass is 32.2. The molecule has 6 heterocycles. The molecule has 5 aromatic heterocycles. The summed E-state index contributed by atoms with van der Waals surface area (Å²) in [5, 5.41) is 20.7. The molecule has 3 aliphatic rings. The van der Waals surface area contributed by atoms with Crippen LogP contribution in [-0.2, 0) is 16.4 Å². The first kappa shape index (κ1) is 30.8. The number of rotatable bonds is 4. The fourth-order valence-electron chi connectivity index (χ4n) is 7.91. The lowest BCUT2D eigenvalue weighted by molar-refractivity contribution is 0.504. The molecule has 2 aliphatic carbocycles. The minimum atomic E-state index is -3.76. The number of benzene rings is 1. The second-order valence-corrected chi connectivity index (χ2v) is 15.6. The zero-order valence-corrected chi connectivity index (χ0v) is 28.0. The summed E-state index contributed by atoms with van der Waals surface area (Å²) in [7, 11) is -3.76. The summed E-state index contributed by atoms with van der Waals surface area (Å²) >= 11 is 0. The van der Waals surface area contributed by atoms with E-state index in [-0.39, 0.29) is 16.9 Å². The number of fused-ring (bicyclic) bond motifs is 6. The Morgan fingerprint density at radius 3 is 2.02 bits per heavy atom. The van der Waals surface area contributed by atoms with Gasteiger partial charge >= 0.3 is 0 Å². The highest BCUT2D eigenvalue weighted by Crippen LogP contribution is 2.40. The maximum absolute atomic E-state index is 13.2. The zero-order chi connectivity index (χ0) is 33.3. The third-order valence-electron chi connectivity index (χ3n) is 10.4. The van der Waals surface area contributed by atoms with Crippen molar-refractivity contribution in [3.8, 4) is 0 Å². The van der Waals surface area contributed by atoms with Crippen LogP contribution < -0.4 is 16.8 Å². The van der Waals surface area contributed by atoms with Crippen LogP contribution in [0.4, 0.5) is 5.82 Å². The van der Waals surface area contributed by atoms with Gasteiger partial charge < -0.3 is 16.8 Å². The maximum atomic E-state index is 13.2. The molecule has 6 atom stereocenters. The van der Waals surface area contributed by atoms with E-state index in [4.69, 9.17) is 11.5 Å². The first-order chi connectivity index (χ1) is 23.1. The predicted molar refractivity (Wildman–Crippen MR) is 181 cm³/mol. The first-order valence-corrected chi connectivity index (χ1v) is 18.1. The van der Waals surface area contributed by atoms with Crippen LogP contribution in [0.5, 0.6) is 0 Å². The largest absolute Gasteiger partial charge is 0.368 e. The van der Waals surface area contributed by atoms with Crippen LogP contribution in [0.3, 0.4) is 0 Å². The standard InChI is InChI=1S/C20H22N6O2S.C13H18N6/c1-12-3-5-15(6-4-12)29(27,28)25-8-7-17-20(25)22-11-18-23-24-19(26(17)18)16-10-14(21)9-13(16)2;1-7-4-8(14)5-9(7)13-18-17-11-6-16-12-10(19(11)13)2-3-15-12/h3-8,11,13-14,16H,9-10,21H2,1-2H3;6-9,15H,2-5,14H2,1H3/t13-,14+,16+;7-,8+,9+/m11/s1. The van der Waals surface area contributed by atoms with Gasteiger partial charge in [-0.05, 0) is 62.6 Å². The molecule has 1 aliphatic heterocycles. The Hall–Kier alpha value is -4.47. The molecular weight excluding hydrogens is 629 g/mol. The molecule has 15 heteroatoms. The summed E-state index contributed by atoms with van der Waals surface area (Å²) in [4.78, 5) is 9.01. The van der Waals surface area contributed by atoms with E-state index >= 15 is 0 Å². The van der Waals surface area contributed by atoms with Gasteiger partial charge in [-0.15, -0.1) is 20.4 Å². The fraction of sp³-hybridized carbons (Fsp3) is 0.455. The lowest BCUT2D eigenvalue weighted by Crippen LogP contribution is -2.15. The third-order valence-corrected chi connectivity index (χ3v) is 12.0. The van der Waals surface area contributed by atoms with Gasteiger partial charge in [0.15, 0.2) is 16.9 Å². The van der Waals surface area contributed by atoms with Gasteiger partial charge in [-0.3, -0.25) is 8.80 Å². The Bertz CT molecular complexity index is 2260. The van der Waals surface area contributed by atoms with Crippen LogP contribution in [-0.4, -0.2) is 70.2 Å². The molecule has 0 saturated heterocycles. The van der Waals surface area contributed by atoms with E-state index in [2.05, 4.69) is 53.9 Å². The number of aromatic nitrogens is 9. The monoisotopic (exact) mass is 668 g/mol. The number of nitrogens with zero attached hydrogens (tertiary/aromatic N) is 9. The Balaban J connectivity index is 0.000000153. The average molecular weight is 669 g/mol. The van der Waals surface area contributed by atoms with Crippen molar-refractivity contribution in [1.29, 1.82) is 0 Å². The van der Waals surface area contributed by atoms with Crippen molar-refractivity contribution >= 4 is 38.3 Å². The number of anilines is 1. The second-order valence-electron chi connectivity index (χ2n) is 13.8. The van der Waals surface area contributed by atoms with Crippen molar-refractivity contribution in [2.24, 2.45) is 23.3 Å². The zero-order valence-electron chi connectivity index (χ0n) is 27.2. The van der Waals surface area contributed by atoms with Gasteiger partial charge in [0.1, 0.15) is 17.5 Å². The maximum Gasteiger partial charge on any atom is 0.269 e. The smallest absolute Gasteiger partial charge is 0.269 e. The van der Waals surface area contributed by atoms with E-state index in [9.17, 15) is 8.42 Å². The topological polar surface area (TPSA) is 189 Å². The summed E-state index contributed by atoms with van der Waals surface area (Å²) in [6, 6.07) is 8.99. The quantitative estimate of drug-likeness (QED) is 0.250. The average Bonchev–Trinajstić information content (AvgIpc) is 3.89. The number of nitrogens with one attached hydrogen (secondary N) is 1. The number of hydrogen-bond donors (Lipinski definition) is 3. The van der Waals surface area contributed by atoms with Crippen LogP contribution in [0.1, 0.15) is 74.3 Å². The van der Waals surface area contributed by atoms with Crippen molar-refractivity contribution in [2.45, 2.75) is 81.7 Å². The van der Waals surface area contributed by atoms with Crippen LogP contribution in [0, 0.1) is 18.8 Å². The Kier molecular flexibility index (Phi) is 7.45. The summed E-state index contributed by atoms with van der Waals surface area (Å²) < 4.78 is 31.7. The normalized spacial score (nSPS) is 25.4. The lowest BCUT2D eigenvalue weighted by atomic mass is 9.97. The van der Waals surface area contributed by atoms with E-state index in [1.807, 2.05) is 11.3 Å². The Morgan fingerprint density at radius 2 is 1.40 bits per heavy atom. The van der Waals surface area contributed by atoms with Gasteiger partial charge in [0, 0.05) is 43.1 Å². The van der Waals surface area contributed by atoms with Crippen LogP contribution in [0.15, 0.2) is 53.8 Å². The minimum absolute atomic E-state index is 0.145. The molecule has 0 unspecified atom stereocenters. The highest BCUT2D eigenvalue weighted by Gasteiger charge is 2.36. The van der Waals surface area contributed by atoms with E-state index < -0.39 is 10.0 Å². The lowest BCUT2D eigenvalue weighted by Gasteiger charge is -2.14. The third kappa shape index (κ3) is 5.02. The SMILES string of the molecule is C[C@@H]1C[C@H](N)C[C@@H]1c1nnc2cnc3c(n12)CCN3.Cc1ccc(S(=O)(=O)n2ccc3c2ncc2nnc([C@H]4C[C@@H](N)C[C@H]4C)n23)cc1. The fourth-order valence-corrected chi connectivity index (χ4v) is 9.21. The van der Waals surface area contributed by atoms with Gasteiger partial charge in [-0.1, -0.05) is 31.5 Å². The Morgan fingerprint density at radius 1 is 0.792 bits per heavy atom. The summed E-state index contributed by atoms with van der Waals surface area (Å²) in [6.07, 6.45) is 9.76. The summed E-state index contributed by atoms with van der Waals surface area (Å²) in [5.41, 5.74) is 17.0. The predicted octanol–water partition coefficient (Wildman–Crippen LogP) is 3.40. The molecule has 0 spiro atoms. The van der Waals surface area contributed by atoms with Crippen molar-refractivity contribution in [3.05, 3.63) is 71.8 Å². The van der Waals surface area contributed by atoms with Crippen molar-refractivity contribution < 1.29 is 8.42 Å². The molecule has 2 fully saturated rings. The first-order valence-electron chi connectivity index (χ1n) is 16.6. The molecule has 0 amide bonds. The summed E-state index contributed by atoms with van der Waals surface area (Å²) in [5.74, 6) is 4.42. The number of hydrogen-bond acceptors (Lipinski definition) is 11. The second kappa shape index (κ2) is 11.6. The van der Waals surface area contributed by atoms with E-state index in [1.165, 1.54) is 9.67 Å². The Labute approximate surface area is 278 Å². The summed E-state index contributed by atoms with van der Waals surface area (Å²) in [6.45, 7) is 7.30. The molecule has 1 aromatic carbocycles. The van der Waals surface area contributed by atoms with Gasteiger partial charge in [0.2, 0.25) is 0 Å². The highest BCUT2D eigenvalue weighted by molar-refractivity contribution is 7.90. The van der Waals surface area contributed by atoms with E-state index in [1.54, 1.807) is 48.9 Å². The molecule has 2 saturated carbocycles. The molecule has 14 nitrogen and oxygen atoms in total. The number of aryl methyl sites for hydroxylation is 1. The van der Waals surface area contributed by atoms with Gasteiger partial charge in [-0.25, -0.2) is 22.4 Å². The van der Waals surface area contributed by atoms with Crippen LogP contribution >= 0.6 is 0 Å². The number of nitrogens with two attached hydrogens (primary N) is 2. The molecule has 9 rings (SSSR count). The van der Waals surface area contributed by atoms with Gasteiger partial charge in [-0.2, -0.15) is 0 Å².